The van der Waals surface area contributed by atoms with Gasteiger partial charge in [-0.2, -0.15) is 15.5 Å². The summed E-state index contributed by atoms with van der Waals surface area (Å²) in [5, 5.41) is 21.8. The van der Waals surface area contributed by atoms with Gasteiger partial charge in [0.15, 0.2) is 0 Å². The molecule has 33 heavy (non-hydrogen) atoms. The third kappa shape index (κ3) is 4.98. The van der Waals surface area contributed by atoms with Crippen molar-refractivity contribution in [2.24, 2.45) is 5.92 Å². The molecule has 0 unspecified atom stereocenters. The normalized spacial score (nSPS) is 19.6. The maximum Gasteiger partial charge on any atom is 0.215 e. The van der Waals surface area contributed by atoms with E-state index in [0.717, 1.165) is 47.8 Å². The Morgan fingerprint density at radius 3 is 2.70 bits per heavy atom. The second-order valence-corrected chi connectivity index (χ2v) is 9.37. The largest absolute Gasteiger partial charge is 0.474 e. The summed E-state index contributed by atoms with van der Waals surface area (Å²) in [6.07, 6.45) is 3.14. The maximum absolute atomic E-state index is 9.68. The van der Waals surface area contributed by atoms with Crippen molar-refractivity contribution in [3.05, 3.63) is 39.5 Å². The molecular weight excluding hydrogens is 438 g/mol. The highest BCUT2D eigenvalue weighted by Crippen LogP contribution is 2.34. The van der Waals surface area contributed by atoms with Gasteiger partial charge in [0, 0.05) is 50.9 Å². The standard InChI is InChI=1S/C24H28ClN7O/c1-15-10-17(11-15)33-21-5-4-16(24(29-21)31(2)3)13-32-9-6-18-20(14-32)19(12-27)22(25)30-23(18)28-8-7-26/h4-5,15,17H,6,8-11,13-14H2,1-3H3,(H,28,30). The van der Waals surface area contributed by atoms with Gasteiger partial charge in [-0.3, -0.25) is 4.90 Å². The molecule has 1 aliphatic carbocycles. The average Bonchev–Trinajstić information content (AvgIpc) is 2.77. The van der Waals surface area contributed by atoms with Gasteiger partial charge in [-0.25, -0.2) is 4.98 Å². The number of pyridine rings is 2. The third-order valence-corrected chi connectivity index (χ3v) is 6.51. The highest BCUT2D eigenvalue weighted by atomic mass is 35.5. The summed E-state index contributed by atoms with van der Waals surface area (Å²) in [5.74, 6) is 2.87. The summed E-state index contributed by atoms with van der Waals surface area (Å²) in [6.45, 7) is 4.44. The zero-order valence-corrected chi connectivity index (χ0v) is 20.0. The number of nitrogens with one attached hydrogen (secondary N) is 1. The van der Waals surface area contributed by atoms with Crippen molar-refractivity contribution < 1.29 is 4.74 Å². The van der Waals surface area contributed by atoms with Gasteiger partial charge in [0.05, 0.1) is 11.6 Å². The number of aromatic nitrogens is 2. The van der Waals surface area contributed by atoms with Crippen LogP contribution >= 0.6 is 11.6 Å². The van der Waals surface area contributed by atoms with Crippen LogP contribution < -0.4 is 15.0 Å². The molecule has 0 saturated heterocycles. The molecular formula is C24H28ClN7O. The van der Waals surface area contributed by atoms with E-state index in [1.807, 2.05) is 25.1 Å². The number of nitrogens with zero attached hydrogens (tertiary/aromatic N) is 6. The summed E-state index contributed by atoms with van der Waals surface area (Å²) in [6, 6.07) is 8.31. The smallest absolute Gasteiger partial charge is 0.215 e. The second-order valence-electron chi connectivity index (χ2n) is 9.01. The monoisotopic (exact) mass is 465 g/mol. The first kappa shape index (κ1) is 23.1. The Labute approximate surface area is 199 Å². The lowest BCUT2D eigenvalue weighted by Crippen LogP contribution is -2.33. The summed E-state index contributed by atoms with van der Waals surface area (Å²) >= 11 is 6.30. The lowest BCUT2D eigenvalue weighted by Gasteiger charge is -2.33. The fourth-order valence-electron chi connectivity index (χ4n) is 4.55. The Bertz CT molecular complexity index is 1120. The van der Waals surface area contributed by atoms with Crippen LogP contribution in [0.15, 0.2) is 12.1 Å². The van der Waals surface area contributed by atoms with Gasteiger partial charge < -0.3 is 15.0 Å². The van der Waals surface area contributed by atoms with Gasteiger partial charge in [-0.05, 0) is 36.8 Å². The van der Waals surface area contributed by atoms with E-state index >= 15 is 0 Å². The van der Waals surface area contributed by atoms with Gasteiger partial charge >= 0.3 is 0 Å². The summed E-state index contributed by atoms with van der Waals surface area (Å²) in [7, 11) is 3.97. The summed E-state index contributed by atoms with van der Waals surface area (Å²) < 4.78 is 6.05. The minimum atomic E-state index is 0.136. The van der Waals surface area contributed by atoms with Crippen LogP contribution in [0.5, 0.6) is 5.88 Å². The third-order valence-electron chi connectivity index (χ3n) is 6.24. The van der Waals surface area contributed by atoms with Crippen LogP contribution in [0.25, 0.3) is 0 Å². The van der Waals surface area contributed by atoms with Crippen molar-refractivity contribution in [3.8, 4) is 18.0 Å². The summed E-state index contributed by atoms with van der Waals surface area (Å²) in [4.78, 5) is 13.4. The van der Waals surface area contributed by atoms with E-state index in [2.05, 4.69) is 40.3 Å². The predicted molar refractivity (Wildman–Crippen MR) is 127 cm³/mol. The van der Waals surface area contributed by atoms with Crippen molar-refractivity contribution in [2.45, 2.75) is 45.4 Å². The molecule has 172 valence electrons. The lowest BCUT2D eigenvalue weighted by atomic mass is 9.84. The number of fused-ring (bicyclic) bond motifs is 1. The molecule has 9 heteroatoms. The van der Waals surface area contributed by atoms with E-state index in [1.54, 1.807) is 0 Å². The zero-order valence-electron chi connectivity index (χ0n) is 19.2. The molecule has 0 bridgehead atoms. The Kier molecular flexibility index (Phi) is 6.88. The Balaban J connectivity index is 1.55. The van der Waals surface area contributed by atoms with Crippen molar-refractivity contribution >= 4 is 23.2 Å². The fourth-order valence-corrected chi connectivity index (χ4v) is 4.79. The molecule has 0 radical (unpaired) electrons. The minimum Gasteiger partial charge on any atom is -0.474 e. The molecule has 1 fully saturated rings. The van der Waals surface area contributed by atoms with Gasteiger partial charge in [-0.15, -0.1) is 0 Å². The number of hydrogen-bond acceptors (Lipinski definition) is 8. The zero-order chi connectivity index (χ0) is 23.5. The van der Waals surface area contributed by atoms with Crippen LogP contribution in [0.4, 0.5) is 11.6 Å². The van der Waals surface area contributed by atoms with Crippen molar-refractivity contribution in [1.29, 1.82) is 10.5 Å². The lowest BCUT2D eigenvalue weighted by molar-refractivity contribution is 0.0696. The van der Waals surface area contributed by atoms with Crippen molar-refractivity contribution in [1.82, 2.24) is 14.9 Å². The average molecular weight is 466 g/mol. The van der Waals surface area contributed by atoms with E-state index in [0.29, 0.717) is 36.8 Å². The molecule has 1 aliphatic heterocycles. The first-order valence-electron chi connectivity index (χ1n) is 11.2. The van der Waals surface area contributed by atoms with Crippen molar-refractivity contribution in [3.63, 3.8) is 0 Å². The van der Waals surface area contributed by atoms with Crippen LogP contribution in [0.1, 0.15) is 42.0 Å². The topological polar surface area (TPSA) is 101 Å². The van der Waals surface area contributed by atoms with Gasteiger partial charge in [0.25, 0.3) is 0 Å². The molecule has 1 saturated carbocycles. The molecule has 2 aromatic rings. The molecule has 0 atom stereocenters. The van der Waals surface area contributed by atoms with Crippen LogP contribution in [0, 0.1) is 28.6 Å². The Morgan fingerprint density at radius 2 is 2.03 bits per heavy atom. The van der Waals surface area contributed by atoms with Crippen LogP contribution in [0.3, 0.4) is 0 Å². The highest BCUT2D eigenvalue weighted by molar-refractivity contribution is 6.30. The number of nitriles is 2. The number of halogens is 1. The molecule has 4 rings (SSSR count). The van der Waals surface area contributed by atoms with E-state index in [4.69, 9.17) is 26.6 Å². The fraction of sp³-hybridized carbons (Fsp3) is 0.500. The van der Waals surface area contributed by atoms with Gasteiger partial charge in [0.2, 0.25) is 5.88 Å². The summed E-state index contributed by atoms with van der Waals surface area (Å²) in [5.41, 5.74) is 3.34. The molecule has 8 nitrogen and oxygen atoms in total. The van der Waals surface area contributed by atoms with Crippen molar-refractivity contribution in [2.75, 3.05) is 37.4 Å². The quantitative estimate of drug-likeness (QED) is 0.487. The molecule has 0 spiro atoms. The minimum absolute atomic E-state index is 0.136. The molecule has 0 amide bonds. The van der Waals surface area contributed by atoms with Crippen LogP contribution in [0.2, 0.25) is 5.15 Å². The van der Waals surface area contributed by atoms with Crippen LogP contribution in [-0.2, 0) is 19.5 Å². The number of anilines is 2. The first-order chi connectivity index (χ1) is 15.9. The maximum atomic E-state index is 9.68. The Morgan fingerprint density at radius 1 is 1.24 bits per heavy atom. The molecule has 0 aromatic carbocycles. The molecule has 1 N–H and O–H groups in total. The molecule has 2 aromatic heterocycles. The van der Waals surface area contributed by atoms with E-state index in [-0.39, 0.29) is 17.8 Å². The predicted octanol–water partition coefficient (Wildman–Crippen LogP) is 3.74. The van der Waals surface area contributed by atoms with Gasteiger partial charge in [0.1, 0.15) is 35.5 Å². The molecule has 2 aliphatic rings. The van der Waals surface area contributed by atoms with E-state index < -0.39 is 0 Å². The van der Waals surface area contributed by atoms with E-state index in [9.17, 15) is 5.26 Å². The van der Waals surface area contributed by atoms with Crippen LogP contribution in [-0.4, -0.2) is 48.2 Å². The number of hydrogen-bond donors (Lipinski definition) is 1. The number of ether oxygens (including phenoxy) is 1. The Hall–Kier alpha value is -3.07. The highest BCUT2D eigenvalue weighted by Gasteiger charge is 2.28. The SMILES string of the molecule is CC1CC(Oc2ccc(CN3CCc4c(NCC#N)nc(Cl)c(C#N)c4C3)c(N(C)C)n2)C1. The van der Waals surface area contributed by atoms with Gasteiger partial charge in [-0.1, -0.05) is 18.5 Å². The number of rotatable bonds is 7. The van der Waals surface area contributed by atoms with E-state index in [1.165, 1.54) is 0 Å². The second kappa shape index (κ2) is 9.82. The first-order valence-corrected chi connectivity index (χ1v) is 11.6. The molecule has 3 heterocycles.